The van der Waals surface area contributed by atoms with Crippen LogP contribution in [0.15, 0.2) is 108 Å². The fourth-order valence-electron chi connectivity index (χ4n) is 5.92. The molecule has 0 amide bonds. The molecule has 11 heteroatoms. The number of quaternary nitrogens is 1. The summed E-state index contributed by atoms with van der Waals surface area (Å²) in [6.45, 7) is 4.99. The average molecular weight is 599 g/mol. The Labute approximate surface area is 254 Å². The Bertz CT molecular complexity index is 1590. The molecule has 2 heterocycles. The molecule has 0 bridgehead atoms. The Balaban J connectivity index is 1.44. The lowest BCUT2D eigenvalue weighted by atomic mass is 9.81. The van der Waals surface area contributed by atoms with Crippen molar-refractivity contribution in [2.45, 2.75) is 44.9 Å². The summed E-state index contributed by atoms with van der Waals surface area (Å²) in [5.74, 6) is -2.70. The number of nitro groups is 1. The normalized spacial score (nSPS) is 21.5. The minimum absolute atomic E-state index is 0.000596. The maximum atomic E-state index is 14.1. The highest BCUT2D eigenvalue weighted by molar-refractivity contribution is 6.00. The zero-order valence-electron chi connectivity index (χ0n) is 24.6. The van der Waals surface area contributed by atoms with Gasteiger partial charge in [-0.25, -0.2) is 9.59 Å². The van der Waals surface area contributed by atoms with Crippen molar-refractivity contribution >= 4 is 17.6 Å². The number of dihydropyridines is 1. The van der Waals surface area contributed by atoms with E-state index >= 15 is 0 Å². The number of non-ortho nitro benzene ring substituents is 1. The van der Waals surface area contributed by atoms with E-state index in [4.69, 9.17) is 15.2 Å². The van der Waals surface area contributed by atoms with Crippen LogP contribution < -0.4 is 11.1 Å². The van der Waals surface area contributed by atoms with E-state index in [-0.39, 0.29) is 35.7 Å². The summed E-state index contributed by atoms with van der Waals surface area (Å²) in [5, 5.41) is 28.6. The summed E-state index contributed by atoms with van der Waals surface area (Å²) in [6.07, 6.45) is -1.19. The minimum Gasteiger partial charge on any atom is -0.632 e. The van der Waals surface area contributed by atoms with Crippen LogP contribution >= 0.6 is 0 Å². The molecule has 0 spiro atoms. The third kappa shape index (κ3) is 6.05. The molecule has 2 aliphatic heterocycles. The fourth-order valence-corrected chi connectivity index (χ4v) is 5.92. The van der Waals surface area contributed by atoms with E-state index < -0.39 is 45.7 Å². The quantitative estimate of drug-likeness (QED) is 0.117. The molecule has 11 nitrogen and oxygen atoms in total. The molecule has 1 unspecified atom stereocenters. The van der Waals surface area contributed by atoms with Crippen LogP contribution in [0, 0.1) is 15.3 Å². The number of benzene rings is 3. The number of carbonyl (C=O) groups excluding carboxylic acids is 2. The number of esters is 2. The van der Waals surface area contributed by atoms with Gasteiger partial charge in [0.2, 0.25) is 0 Å². The van der Waals surface area contributed by atoms with E-state index in [9.17, 15) is 24.9 Å². The van der Waals surface area contributed by atoms with Crippen LogP contribution in [0.2, 0.25) is 0 Å². The third-order valence-electron chi connectivity index (χ3n) is 7.79. The first-order valence-electron chi connectivity index (χ1n) is 14.3. The summed E-state index contributed by atoms with van der Waals surface area (Å²) >= 11 is 0. The largest absolute Gasteiger partial charge is 0.632 e. The zero-order chi connectivity index (χ0) is 31.6. The van der Waals surface area contributed by atoms with Crippen LogP contribution in [0.25, 0.3) is 0 Å². The standard InChI is InChI=1S/C33H34N4O7/c1-20(2)43-32(38)27-21(3)35-31(34)29(28(27)24-15-10-16-25(17-24)36(40)41)33(39)44-26-18-37(42,19-26)30(22-11-6-4-7-12-22)23-13-8-5-9-14-23/h4-17,20,26,28,30,35H,18-19,34H2,1-3H3. The summed E-state index contributed by atoms with van der Waals surface area (Å²) in [6, 6.07) is 24.1. The van der Waals surface area contributed by atoms with Gasteiger partial charge in [-0.3, -0.25) is 10.1 Å². The van der Waals surface area contributed by atoms with E-state index in [1.807, 2.05) is 60.7 Å². The van der Waals surface area contributed by atoms with Gasteiger partial charge in [0.25, 0.3) is 5.69 Å². The molecule has 0 aromatic heterocycles. The molecule has 1 saturated heterocycles. The van der Waals surface area contributed by atoms with Gasteiger partial charge in [0, 0.05) is 29.0 Å². The number of likely N-dealkylation sites (tertiary alicyclic amines) is 1. The number of hydrogen-bond donors (Lipinski definition) is 2. The van der Waals surface area contributed by atoms with Gasteiger partial charge in [-0.2, -0.15) is 0 Å². The highest BCUT2D eigenvalue weighted by atomic mass is 16.6. The van der Waals surface area contributed by atoms with Crippen LogP contribution in [0.1, 0.15) is 49.4 Å². The number of nitro benzene ring substituents is 1. The molecule has 3 aromatic carbocycles. The Morgan fingerprint density at radius 1 is 0.932 bits per heavy atom. The molecule has 44 heavy (non-hydrogen) atoms. The van der Waals surface area contributed by atoms with Crippen molar-refractivity contribution in [2.75, 3.05) is 13.1 Å². The van der Waals surface area contributed by atoms with Crippen molar-refractivity contribution in [3.63, 3.8) is 0 Å². The molecule has 2 aliphatic rings. The summed E-state index contributed by atoms with van der Waals surface area (Å²) in [4.78, 5) is 38.1. The second-order valence-corrected chi connectivity index (χ2v) is 11.3. The van der Waals surface area contributed by atoms with Crippen LogP contribution in [-0.2, 0) is 19.1 Å². The lowest BCUT2D eigenvalue weighted by Gasteiger charge is -2.57. The van der Waals surface area contributed by atoms with Crippen LogP contribution in [0.3, 0.4) is 0 Å². The minimum atomic E-state index is -1.11. The molecular weight excluding hydrogens is 564 g/mol. The summed E-state index contributed by atoms with van der Waals surface area (Å²) in [7, 11) is 0. The van der Waals surface area contributed by atoms with Crippen LogP contribution in [-0.4, -0.2) is 46.8 Å². The average Bonchev–Trinajstić information content (AvgIpc) is 2.96. The van der Waals surface area contributed by atoms with Gasteiger partial charge in [-0.05, 0) is 26.3 Å². The smallest absolute Gasteiger partial charge is 0.339 e. The number of nitrogens with zero attached hydrogens (tertiary/aromatic N) is 2. The third-order valence-corrected chi connectivity index (χ3v) is 7.79. The number of hydrogen-bond acceptors (Lipinski definition) is 9. The maximum absolute atomic E-state index is 14.1. The number of carbonyl (C=O) groups is 2. The monoisotopic (exact) mass is 598 g/mol. The number of nitrogens with one attached hydrogen (secondary N) is 1. The van der Waals surface area contributed by atoms with Crippen LogP contribution in [0.5, 0.6) is 0 Å². The van der Waals surface area contributed by atoms with Crippen molar-refractivity contribution in [1.82, 2.24) is 5.32 Å². The Morgan fingerprint density at radius 3 is 2.07 bits per heavy atom. The second kappa shape index (κ2) is 12.3. The SMILES string of the molecule is CC1=C(C(=O)OC(C)C)C(c2cccc([N+](=O)[O-])c2)C(C(=O)OC2C[N+]([O-])(C(c3ccccc3)c3ccccc3)C2)=C(N)N1. The van der Waals surface area contributed by atoms with E-state index in [2.05, 4.69) is 5.32 Å². The number of ether oxygens (including phenoxy) is 2. The van der Waals surface area contributed by atoms with E-state index in [1.165, 1.54) is 18.2 Å². The molecule has 1 fully saturated rings. The van der Waals surface area contributed by atoms with E-state index in [0.717, 1.165) is 11.1 Å². The van der Waals surface area contributed by atoms with Gasteiger partial charge in [0.1, 0.15) is 25.0 Å². The van der Waals surface area contributed by atoms with Gasteiger partial charge >= 0.3 is 11.9 Å². The lowest BCUT2D eigenvalue weighted by Crippen LogP contribution is -2.65. The molecule has 228 valence electrons. The molecule has 0 saturated carbocycles. The zero-order valence-corrected chi connectivity index (χ0v) is 24.6. The predicted octanol–water partition coefficient (Wildman–Crippen LogP) is 4.71. The molecule has 0 aliphatic carbocycles. The fraction of sp³-hybridized carbons (Fsp3) is 0.273. The number of hydroxylamine groups is 3. The van der Waals surface area contributed by atoms with Crippen molar-refractivity contribution in [1.29, 1.82) is 0 Å². The van der Waals surface area contributed by atoms with Gasteiger partial charge in [0.05, 0.1) is 28.1 Å². The Hall–Kier alpha value is -5.00. The van der Waals surface area contributed by atoms with Crippen molar-refractivity contribution in [3.05, 3.63) is 140 Å². The highest BCUT2D eigenvalue weighted by Crippen LogP contribution is 2.42. The van der Waals surface area contributed by atoms with Gasteiger partial charge in [0.15, 0.2) is 6.10 Å². The van der Waals surface area contributed by atoms with Crippen molar-refractivity contribution in [3.8, 4) is 0 Å². The van der Waals surface area contributed by atoms with E-state index in [0.29, 0.717) is 11.3 Å². The summed E-state index contributed by atoms with van der Waals surface area (Å²) < 4.78 is 10.7. The first kappa shape index (κ1) is 30.5. The van der Waals surface area contributed by atoms with Crippen molar-refractivity contribution < 1.29 is 28.6 Å². The first-order valence-corrected chi connectivity index (χ1v) is 14.3. The number of allylic oxidation sites excluding steroid dienone is 1. The van der Waals surface area contributed by atoms with Crippen LogP contribution in [0.4, 0.5) is 5.69 Å². The lowest BCUT2D eigenvalue weighted by molar-refractivity contribution is -0.950. The van der Waals surface area contributed by atoms with Crippen molar-refractivity contribution in [2.24, 2.45) is 5.73 Å². The number of rotatable bonds is 9. The molecule has 5 rings (SSSR count). The van der Waals surface area contributed by atoms with Gasteiger partial charge in [-0.1, -0.05) is 72.8 Å². The second-order valence-electron chi connectivity index (χ2n) is 11.3. The summed E-state index contributed by atoms with van der Waals surface area (Å²) in [5.41, 5.74) is 8.43. The highest BCUT2D eigenvalue weighted by Gasteiger charge is 2.48. The molecule has 3 aromatic rings. The molecule has 3 N–H and O–H groups in total. The van der Waals surface area contributed by atoms with Gasteiger partial charge < -0.3 is 30.4 Å². The van der Waals surface area contributed by atoms with Gasteiger partial charge in [-0.15, -0.1) is 0 Å². The molecule has 0 radical (unpaired) electrons. The Morgan fingerprint density at radius 2 is 1.52 bits per heavy atom. The number of nitrogens with two attached hydrogens (primary N) is 1. The molecule has 1 atom stereocenters. The topological polar surface area (TPSA) is 157 Å². The first-order chi connectivity index (χ1) is 21.0. The predicted molar refractivity (Wildman–Crippen MR) is 162 cm³/mol. The molecular formula is C33H34N4O7. The Kier molecular flexibility index (Phi) is 8.52. The van der Waals surface area contributed by atoms with E-state index in [1.54, 1.807) is 26.8 Å². The maximum Gasteiger partial charge on any atom is 0.339 e.